The topological polar surface area (TPSA) is 90.6 Å². The fourth-order valence-corrected chi connectivity index (χ4v) is 2.74. The number of nitrogens with zero attached hydrogens (tertiary/aromatic N) is 3. The summed E-state index contributed by atoms with van der Waals surface area (Å²) in [7, 11) is 0. The van der Waals surface area contributed by atoms with Crippen molar-refractivity contribution in [2.75, 3.05) is 5.73 Å². The van der Waals surface area contributed by atoms with Gasteiger partial charge in [-0.1, -0.05) is 12.1 Å². The summed E-state index contributed by atoms with van der Waals surface area (Å²) in [6, 6.07) is 12.8. The lowest BCUT2D eigenvalue weighted by molar-refractivity contribution is 0.135. The Balaban J connectivity index is 1.51. The SMILES string of the molecule is Nc1cccc(CN2Cc3ccc(Oc4cnccn4)cc3OC2=O)c1. The molecule has 0 atom stereocenters. The van der Waals surface area contributed by atoms with E-state index in [0.29, 0.717) is 36.2 Å². The second kappa shape index (κ2) is 6.72. The molecule has 0 saturated heterocycles. The maximum atomic E-state index is 12.3. The van der Waals surface area contributed by atoms with E-state index in [0.717, 1.165) is 11.1 Å². The Kier molecular flexibility index (Phi) is 4.10. The van der Waals surface area contributed by atoms with Crippen LogP contribution < -0.4 is 15.2 Å². The maximum Gasteiger partial charge on any atom is 0.415 e. The molecule has 7 nitrogen and oxygen atoms in total. The van der Waals surface area contributed by atoms with Crippen LogP contribution in [-0.2, 0) is 13.1 Å². The molecule has 0 aliphatic carbocycles. The molecule has 2 aromatic carbocycles. The molecule has 1 amide bonds. The first-order valence-electron chi connectivity index (χ1n) is 8.05. The second-order valence-electron chi connectivity index (χ2n) is 5.88. The average molecular weight is 348 g/mol. The van der Waals surface area contributed by atoms with Gasteiger partial charge in [-0.15, -0.1) is 0 Å². The van der Waals surface area contributed by atoms with Gasteiger partial charge in [0, 0.05) is 36.3 Å². The number of anilines is 1. The molecule has 2 heterocycles. The van der Waals surface area contributed by atoms with Crippen molar-refractivity contribution in [1.82, 2.24) is 14.9 Å². The first-order chi connectivity index (χ1) is 12.7. The molecule has 1 aromatic heterocycles. The van der Waals surface area contributed by atoms with E-state index in [1.807, 2.05) is 36.4 Å². The van der Waals surface area contributed by atoms with Crippen LogP contribution in [0.3, 0.4) is 0 Å². The summed E-state index contributed by atoms with van der Waals surface area (Å²) >= 11 is 0. The summed E-state index contributed by atoms with van der Waals surface area (Å²) in [4.78, 5) is 22.0. The molecule has 1 aliphatic heterocycles. The Morgan fingerprint density at radius 1 is 1.19 bits per heavy atom. The average Bonchev–Trinajstić information content (AvgIpc) is 2.63. The molecule has 0 bridgehead atoms. The number of aromatic nitrogens is 2. The number of fused-ring (bicyclic) bond motifs is 1. The lowest BCUT2D eigenvalue weighted by atomic mass is 10.1. The van der Waals surface area contributed by atoms with Crippen molar-refractivity contribution in [2.24, 2.45) is 0 Å². The summed E-state index contributed by atoms with van der Waals surface area (Å²) in [6.45, 7) is 0.884. The number of hydrogen-bond donors (Lipinski definition) is 1. The van der Waals surface area contributed by atoms with Crippen LogP contribution in [0.15, 0.2) is 61.1 Å². The maximum absolute atomic E-state index is 12.3. The van der Waals surface area contributed by atoms with Crippen LogP contribution in [-0.4, -0.2) is 21.0 Å². The quantitative estimate of drug-likeness (QED) is 0.727. The standard InChI is InChI=1S/C19H16N4O3/c20-15-3-1-2-13(8-15)11-23-12-14-4-5-16(9-17(14)26-19(23)24)25-18-10-21-6-7-22-18/h1-10H,11-12,20H2. The Labute approximate surface area is 150 Å². The highest BCUT2D eigenvalue weighted by Crippen LogP contribution is 2.32. The fraction of sp³-hybridized carbons (Fsp3) is 0.105. The minimum atomic E-state index is -0.406. The second-order valence-corrected chi connectivity index (χ2v) is 5.88. The molecule has 2 N–H and O–H groups in total. The molecule has 0 fully saturated rings. The summed E-state index contributed by atoms with van der Waals surface area (Å²) in [5.74, 6) is 1.39. The van der Waals surface area contributed by atoms with E-state index in [9.17, 15) is 4.79 Å². The van der Waals surface area contributed by atoms with E-state index >= 15 is 0 Å². The first-order valence-corrected chi connectivity index (χ1v) is 8.05. The third kappa shape index (κ3) is 3.41. The zero-order valence-corrected chi connectivity index (χ0v) is 13.8. The van der Waals surface area contributed by atoms with Gasteiger partial charge in [0.25, 0.3) is 0 Å². The predicted molar refractivity (Wildman–Crippen MR) is 94.7 cm³/mol. The van der Waals surface area contributed by atoms with E-state index in [1.165, 1.54) is 6.20 Å². The highest BCUT2D eigenvalue weighted by Gasteiger charge is 2.25. The number of nitrogens with two attached hydrogens (primary N) is 1. The van der Waals surface area contributed by atoms with Gasteiger partial charge in [-0.05, 0) is 29.8 Å². The van der Waals surface area contributed by atoms with Crippen LogP contribution in [0.5, 0.6) is 17.4 Å². The largest absolute Gasteiger partial charge is 0.437 e. The molecule has 0 radical (unpaired) electrons. The molecule has 3 aromatic rings. The van der Waals surface area contributed by atoms with E-state index in [2.05, 4.69) is 9.97 Å². The molecule has 1 aliphatic rings. The van der Waals surface area contributed by atoms with Gasteiger partial charge in [0.15, 0.2) is 0 Å². The molecule has 0 spiro atoms. The van der Waals surface area contributed by atoms with E-state index in [1.54, 1.807) is 23.4 Å². The van der Waals surface area contributed by atoms with E-state index < -0.39 is 6.09 Å². The molecule has 7 heteroatoms. The molecule has 0 saturated carbocycles. The van der Waals surface area contributed by atoms with Crippen molar-refractivity contribution >= 4 is 11.8 Å². The molecular weight excluding hydrogens is 332 g/mol. The Hall–Kier alpha value is -3.61. The Morgan fingerprint density at radius 2 is 2.12 bits per heavy atom. The number of rotatable bonds is 4. The van der Waals surface area contributed by atoms with Gasteiger partial charge < -0.3 is 15.2 Å². The molecule has 130 valence electrons. The van der Waals surface area contributed by atoms with Gasteiger partial charge in [0.1, 0.15) is 11.5 Å². The van der Waals surface area contributed by atoms with Gasteiger partial charge in [-0.3, -0.25) is 9.88 Å². The van der Waals surface area contributed by atoms with Crippen LogP contribution in [0.4, 0.5) is 10.5 Å². The van der Waals surface area contributed by atoms with Crippen LogP contribution in [0.1, 0.15) is 11.1 Å². The van der Waals surface area contributed by atoms with Gasteiger partial charge in [0.05, 0.1) is 12.7 Å². The smallest absolute Gasteiger partial charge is 0.415 e. The van der Waals surface area contributed by atoms with Crippen molar-refractivity contribution < 1.29 is 14.3 Å². The molecule has 0 unspecified atom stereocenters. The van der Waals surface area contributed by atoms with Crippen molar-refractivity contribution in [2.45, 2.75) is 13.1 Å². The number of nitrogen functional groups attached to an aromatic ring is 1. The third-order valence-corrected chi connectivity index (χ3v) is 3.94. The van der Waals surface area contributed by atoms with Crippen LogP contribution in [0.25, 0.3) is 0 Å². The minimum Gasteiger partial charge on any atom is -0.437 e. The molecule has 26 heavy (non-hydrogen) atoms. The number of ether oxygens (including phenoxy) is 2. The van der Waals surface area contributed by atoms with Crippen molar-refractivity contribution in [3.05, 3.63) is 72.2 Å². The molecular formula is C19H16N4O3. The van der Waals surface area contributed by atoms with Crippen LogP contribution in [0.2, 0.25) is 0 Å². The summed E-state index contributed by atoms with van der Waals surface area (Å²) < 4.78 is 11.1. The van der Waals surface area contributed by atoms with Gasteiger partial charge in [-0.2, -0.15) is 0 Å². The van der Waals surface area contributed by atoms with Crippen molar-refractivity contribution in [1.29, 1.82) is 0 Å². The number of benzene rings is 2. The van der Waals surface area contributed by atoms with E-state index in [-0.39, 0.29) is 0 Å². The summed E-state index contributed by atoms with van der Waals surface area (Å²) in [6.07, 6.45) is 4.22. The van der Waals surface area contributed by atoms with Gasteiger partial charge in [-0.25, -0.2) is 9.78 Å². The number of hydrogen-bond acceptors (Lipinski definition) is 6. The lowest BCUT2D eigenvalue weighted by Crippen LogP contribution is -2.36. The highest BCUT2D eigenvalue weighted by molar-refractivity contribution is 5.73. The van der Waals surface area contributed by atoms with Crippen molar-refractivity contribution in [3.63, 3.8) is 0 Å². The van der Waals surface area contributed by atoms with Crippen LogP contribution in [0, 0.1) is 0 Å². The Bertz CT molecular complexity index is 947. The number of carbonyl (C=O) groups excluding carboxylic acids is 1. The summed E-state index contributed by atoms with van der Waals surface area (Å²) in [5, 5.41) is 0. The molecule has 4 rings (SSSR count). The van der Waals surface area contributed by atoms with Crippen LogP contribution >= 0.6 is 0 Å². The van der Waals surface area contributed by atoms with Gasteiger partial charge >= 0.3 is 6.09 Å². The first kappa shape index (κ1) is 15.9. The summed E-state index contributed by atoms with van der Waals surface area (Å²) in [5.41, 5.74) is 8.32. The normalized spacial score (nSPS) is 13.1. The third-order valence-electron chi connectivity index (χ3n) is 3.94. The fourth-order valence-electron chi connectivity index (χ4n) is 2.74. The minimum absolute atomic E-state index is 0.373. The predicted octanol–water partition coefficient (Wildman–Crippen LogP) is 3.37. The van der Waals surface area contributed by atoms with Gasteiger partial charge in [0.2, 0.25) is 5.88 Å². The van der Waals surface area contributed by atoms with Crippen molar-refractivity contribution in [3.8, 4) is 17.4 Å². The Morgan fingerprint density at radius 3 is 2.92 bits per heavy atom. The zero-order valence-electron chi connectivity index (χ0n) is 13.8. The number of carbonyl (C=O) groups is 1. The number of amides is 1. The van der Waals surface area contributed by atoms with E-state index in [4.69, 9.17) is 15.2 Å². The monoisotopic (exact) mass is 348 g/mol. The zero-order chi connectivity index (χ0) is 17.9. The lowest BCUT2D eigenvalue weighted by Gasteiger charge is -2.28. The highest BCUT2D eigenvalue weighted by atomic mass is 16.6.